The molecule has 0 heterocycles. The zero-order chi connectivity index (χ0) is 9.52. The van der Waals surface area contributed by atoms with Crippen LogP contribution >= 0.6 is 0 Å². The first-order valence-electron chi connectivity index (χ1n) is 4.52. The summed E-state index contributed by atoms with van der Waals surface area (Å²) < 4.78 is 10.4. The van der Waals surface area contributed by atoms with Gasteiger partial charge in [0.15, 0.2) is 0 Å². The molecule has 72 valence electrons. The highest BCUT2D eigenvalue weighted by molar-refractivity contribution is 5.25. The van der Waals surface area contributed by atoms with Gasteiger partial charge in [0.05, 0.1) is 13.2 Å². The SMILES string of the molecule is CCOCc1ccccc1COC. The fourth-order valence-electron chi connectivity index (χ4n) is 1.21. The fraction of sp³-hybridized carbons (Fsp3) is 0.455. The zero-order valence-corrected chi connectivity index (χ0v) is 8.25. The van der Waals surface area contributed by atoms with E-state index in [9.17, 15) is 0 Å². The molecule has 0 bridgehead atoms. The van der Waals surface area contributed by atoms with Crippen molar-refractivity contribution in [3.05, 3.63) is 35.4 Å². The number of benzene rings is 1. The lowest BCUT2D eigenvalue weighted by atomic mass is 10.1. The van der Waals surface area contributed by atoms with Crippen molar-refractivity contribution in [1.29, 1.82) is 0 Å². The highest BCUT2D eigenvalue weighted by Gasteiger charge is 1.99. The van der Waals surface area contributed by atoms with Crippen molar-refractivity contribution in [1.82, 2.24) is 0 Å². The molecule has 0 spiro atoms. The van der Waals surface area contributed by atoms with Crippen LogP contribution in [-0.2, 0) is 22.7 Å². The van der Waals surface area contributed by atoms with E-state index in [1.165, 1.54) is 11.1 Å². The van der Waals surface area contributed by atoms with Crippen molar-refractivity contribution in [2.75, 3.05) is 13.7 Å². The van der Waals surface area contributed by atoms with E-state index in [0.717, 1.165) is 6.61 Å². The molecule has 0 aromatic heterocycles. The van der Waals surface area contributed by atoms with Crippen molar-refractivity contribution < 1.29 is 9.47 Å². The Balaban J connectivity index is 2.66. The van der Waals surface area contributed by atoms with Crippen molar-refractivity contribution in [3.63, 3.8) is 0 Å². The largest absolute Gasteiger partial charge is 0.380 e. The number of hydrogen-bond donors (Lipinski definition) is 0. The first-order valence-corrected chi connectivity index (χ1v) is 4.52. The van der Waals surface area contributed by atoms with Crippen LogP contribution in [0, 0.1) is 0 Å². The second-order valence-electron chi connectivity index (χ2n) is 2.84. The van der Waals surface area contributed by atoms with Gasteiger partial charge in [-0.25, -0.2) is 0 Å². The smallest absolute Gasteiger partial charge is 0.0720 e. The third-order valence-electron chi connectivity index (χ3n) is 1.88. The third kappa shape index (κ3) is 3.17. The van der Waals surface area contributed by atoms with Crippen LogP contribution in [-0.4, -0.2) is 13.7 Å². The first-order chi connectivity index (χ1) is 6.38. The summed E-state index contributed by atoms with van der Waals surface area (Å²) in [6.07, 6.45) is 0. The van der Waals surface area contributed by atoms with Crippen molar-refractivity contribution in [3.8, 4) is 0 Å². The lowest BCUT2D eigenvalue weighted by molar-refractivity contribution is 0.130. The maximum atomic E-state index is 5.35. The lowest BCUT2D eigenvalue weighted by Gasteiger charge is -2.07. The maximum absolute atomic E-state index is 5.35. The monoisotopic (exact) mass is 180 g/mol. The molecular weight excluding hydrogens is 164 g/mol. The minimum Gasteiger partial charge on any atom is -0.380 e. The summed E-state index contributed by atoms with van der Waals surface area (Å²) in [6, 6.07) is 8.18. The van der Waals surface area contributed by atoms with Gasteiger partial charge in [-0.1, -0.05) is 24.3 Å². The van der Waals surface area contributed by atoms with E-state index in [2.05, 4.69) is 12.1 Å². The fourth-order valence-corrected chi connectivity index (χ4v) is 1.21. The zero-order valence-electron chi connectivity index (χ0n) is 8.25. The van der Waals surface area contributed by atoms with E-state index in [0.29, 0.717) is 13.2 Å². The molecule has 2 heteroatoms. The van der Waals surface area contributed by atoms with Gasteiger partial charge in [0.25, 0.3) is 0 Å². The van der Waals surface area contributed by atoms with E-state index in [4.69, 9.17) is 9.47 Å². The molecular formula is C11H16O2. The van der Waals surface area contributed by atoms with Gasteiger partial charge in [0.2, 0.25) is 0 Å². The van der Waals surface area contributed by atoms with E-state index in [1.807, 2.05) is 19.1 Å². The summed E-state index contributed by atoms with van der Waals surface area (Å²) >= 11 is 0. The third-order valence-corrected chi connectivity index (χ3v) is 1.88. The molecule has 0 aliphatic heterocycles. The summed E-state index contributed by atoms with van der Waals surface area (Å²) in [5.41, 5.74) is 2.42. The van der Waals surface area contributed by atoms with Gasteiger partial charge >= 0.3 is 0 Å². The molecule has 0 radical (unpaired) electrons. The summed E-state index contributed by atoms with van der Waals surface area (Å²) in [5, 5.41) is 0. The van der Waals surface area contributed by atoms with Crippen molar-refractivity contribution >= 4 is 0 Å². The van der Waals surface area contributed by atoms with Crippen molar-refractivity contribution in [2.24, 2.45) is 0 Å². The predicted molar refractivity (Wildman–Crippen MR) is 52.5 cm³/mol. The molecule has 0 saturated carbocycles. The van der Waals surface area contributed by atoms with Crippen LogP contribution < -0.4 is 0 Å². The topological polar surface area (TPSA) is 18.5 Å². The van der Waals surface area contributed by atoms with Crippen LogP contribution in [0.25, 0.3) is 0 Å². The Labute approximate surface area is 79.5 Å². The van der Waals surface area contributed by atoms with E-state index in [-0.39, 0.29) is 0 Å². The first kappa shape index (κ1) is 10.2. The normalized spacial score (nSPS) is 10.3. The molecule has 0 saturated heterocycles. The molecule has 0 atom stereocenters. The minimum absolute atomic E-state index is 0.656. The van der Waals surface area contributed by atoms with Gasteiger partial charge in [-0.05, 0) is 18.1 Å². The molecule has 2 nitrogen and oxygen atoms in total. The van der Waals surface area contributed by atoms with E-state index < -0.39 is 0 Å². The van der Waals surface area contributed by atoms with Gasteiger partial charge in [-0.2, -0.15) is 0 Å². The van der Waals surface area contributed by atoms with Crippen LogP contribution in [0.1, 0.15) is 18.1 Å². The molecule has 0 fully saturated rings. The molecule has 1 aromatic rings. The molecule has 0 aliphatic carbocycles. The molecule has 13 heavy (non-hydrogen) atoms. The molecule has 0 amide bonds. The molecule has 0 aliphatic rings. The highest BCUT2D eigenvalue weighted by atomic mass is 16.5. The Morgan fingerprint density at radius 1 is 1.08 bits per heavy atom. The summed E-state index contributed by atoms with van der Waals surface area (Å²) in [7, 11) is 1.71. The Bertz CT molecular complexity index is 246. The standard InChI is InChI=1S/C11H16O2/c1-3-13-9-11-7-5-4-6-10(11)8-12-2/h4-7H,3,8-9H2,1-2H3. The second-order valence-corrected chi connectivity index (χ2v) is 2.84. The number of hydrogen-bond acceptors (Lipinski definition) is 2. The average molecular weight is 180 g/mol. The summed E-state index contributed by atoms with van der Waals surface area (Å²) in [4.78, 5) is 0. The molecule has 1 rings (SSSR count). The van der Waals surface area contributed by atoms with Gasteiger partial charge in [-0.15, -0.1) is 0 Å². The Morgan fingerprint density at radius 2 is 1.69 bits per heavy atom. The lowest BCUT2D eigenvalue weighted by Crippen LogP contribution is -1.98. The molecule has 0 unspecified atom stereocenters. The highest BCUT2D eigenvalue weighted by Crippen LogP contribution is 2.10. The van der Waals surface area contributed by atoms with Crippen LogP contribution in [0.4, 0.5) is 0 Å². The van der Waals surface area contributed by atoms with Gasteiger partial charge < -0.3 is 9.47 Å². The van der Waals surface area contributed by atoms with E-state index >= 15 is 0 Å². The van der Waals surface area contributed by atoms with Crippen LogP contribution in [0.15, 0.2) is 24.3 Å². The summed E-state index contributed by atoms with van der Waals surface area (Å²) in [5.74, 6) is 0. The van der Waals surface area contributed by atoms with Crippen LogP contribution in [0.2, 0.25) is 0 Å². The second kappa shape index (κ2) is 5.73. The number of rotatable bonds is 5. The minimum atomic E-state index is 0.656. The number of ether oxygens (including phenoxy) is 2. The van der Waals surface area contributed by atoms with E-state index in [1.54, 1.807) is 7.11 Å². The van der Waals surface area contributed by atoms with Crippen molar-refractivity contribution in [2.45, 2.75) is 20.1 Å². The summed E-state index contributed by atoms with van der Waals surface area (Å²) in [6.45, 7) is 4.08. The van der Waals surface area contributed by atoms with Gasteiger partial charge in [-0.3, -0.25) is 0 Å². The van der Waals surface area contributed by atoms with Crippen LogP contribution in [0.3, 0.4) is 0 Å². The Morgan fingerprint density at radius 3 is 2.23 bits per heavy atom. The maximum Gasteiger partial charge on any atom is 0.0720 e. The quantitative estimate of drug-likeness (QED) is 0.692. The molecule has 1 aromatic carbocycles. The predicted octanol–water partition coefficient (Wildman–Crippen LogP) is 2.37. The molecule has 0 N–H and O–H groups in total. The average Bonchev–Trinajstić information content (AvgIpc) is 2.17. The Kier molecular flexibility index (Phi) is 4.50. The Hall–Kier alpha value is -0.860. The van der Waals surface area contributed by atoms with Gasteiger partial charge in [0, 0.05) is 13.7 Å². The van der Waals surface area contributed by atoms with Gasteiger partial charge in [0.1, 0.15) is 0 Å². The van der Waals surface area contributed by atoms with Crippen LogP contribution in [0.5, 0.6) is 0 Å². The number of methoxy groups -OCH3 is 1.